The first-order valence-electron chi connectivity index (χ1n) is 6.76. The molecule has 1 aromatic carbocycles. The van der Waals surface area contributed by atoms with E-state index in [9.17, 15) is 8.42 Å². The molecular weight excluding hydrogens is 274 g/mol. The highest BCUT2D eigenvalue weighted by Gasteiger charge is 2.14. The van der Waals surface area contributed by atoms with Crippen molar-refractivity contribution >= 4 is 15.5 Å². The lowest BCUT2D eigenvalue weighted by molar-refractivity contribution is 0.403. The summed E-state index contributed by atoms with van der Waals surface area (Å²) >= 11 is 0. The van der Waals surface area contributed by atoms with E-state index in [-0.39, 0.29) is 4.90 Å². The highest BCUT2D eigenvalue weighted by molar-refractivity contribution is 7.90. The predicted octanol–water partition coefficient (Wildman–Crippen LogP) is 3.26. The molecule has 0 aliphatic heterocycles. The number of rotatable bonds is 8. The number of hydrogen-bond acceptors (Lipinski definition) is 4. The van der Waals surface area contributed by atoms with Crippen molar-refractivity contribution in [1.29, 1.82) is 0 Å². The van der Waals surface area contributed by atoms with Crippen molar-refractivity contribution < 1.29 is 13.2 Å². The zero-order valence-electron chi connectivity index (χ0n) is 12.3. The molecule has 0 bridgehead atoms. The first-order valence-corrected chi connectivity index (χ1v) is 8.65. The molecule has 0 fully saturated rings. The second-order valence-electron chi connectivity index (χ2n) is 4.61. The number of nitrogens with one attached hydrogen (secondary N) is 1. The molecule has 0 radical (unpaired) electrons. The van der Waals surface area contributed by atoms with Gasteiger partial charge in [-0.3, -0.25) is 0 Å². The smallest absolute Gasteiger partial charge is 0.179 e. The van der Waals surface area contributed by atoms with Crippen molar-refractivity contribution in [2.75, 3.05) is 25.2 Å². The van der Waals surface area contributed by atoms with Crippen LogP contribution in [0, 0.1) is 0 Å². The van der Waals surface area contributed by atoms with Crippen molar-refractivity contribution in [3.63, 3.8) is 0 Å². The van der Waals surface area contributed by atoms with Crippen LogP contribution in [0.1, 0.15) is 26.2 Å². The summed E-state index contributed by atoms with van der Waals surface area (Å²) in [6, 6.07) is 5.11. The maximum atomic E-state index is 11.7. The van der Waals surface area contributed by atoms with Gasteiger partial charge in [-0.25, -0.2) is 8.42 Å². The van der Waals surface area contributed by atoms with Crippen molar-refractivity contribution in [3.05, 3.63) is 30.4 Å². The summed E-state index contributed by atoms with van der Waals surface area (Å²) in [5.41, 5.74) is 0.787. The zero-order valence-corrected chi connectivity index (χ0v) is 13.2. The van der Waals surface area contributed by atoms with Gasteiger partial charge < -0.3 is 10.1 Å². The van der Waals surface area contributed by atoms with Gasteiger partial charge in [0, 0.05) is 18.5 Å². The van der Waals surface area contributed by atoms with Gasteiger partial charge in [-0.1, -0.05) is 25.5 Å². The predicted molar refractivity (Wildman–Crippen MR) is 83.3 cm³/mol. The molecule has 0 saturated heterocycles. The van der Waals surface area contributed by atoms with Crippen LogP contribution in [0.4, 0.5) is 5.69 Å². The Labute approximate surface area is 121 Å². The molecule has 20 heavy (non-hydrogen) atoms. The van der Waals surface area contributed by atoms with Gasteiger partial charge in [-0.05, 0) is 31.0 Å². The van der Waals surface area contributed by atoms with E-state index in [0.29, 0.717) is 5.75 Å². The Balaban J connectivity index is 2.68. The fourth-order valence-electron chi connectivity index (χ4n) is 1.78. The van der Waals surface area contributed by atoms with E-state index in [2.05, 4.69) is 24.4 Å². The van der Waals surface area contributed by atoms with Gasteiger partial charge in [0.15, 0.2) is 9.84 Å². The van der Waals surface area contributed by atoms with Crippen LogP contribution in [0.15, 0.2) is 35.2 Å². The molecule has 1 aromatic rings. The van der Waals surface area contributed by atoms with Gasteiger partial charge in [-0.15, -0.1) is 0 Å². The van der Waals surface area contributed by atoms with Crippen LogP contribution >= 0.6 is 0 Å². The first kappa shape index (κ1) is 16.6. The summed E-state index contributed by atoms with van der Waals surface area (Å²) in [6.07, 6.45) is 8.65. The maximum Gasteiger partial charge on any atom is 0.179 e. The molecule has 1 N–H and O–H groups in total. The number of anilines is 1. The SMILES string of the molecule is CCC/C=C/CCNc1ccc(OC)c(S(C)(=O)=O)c1. The first-order chi connectivity index (χ1) is 9.49. The molecule has 0 aromatic heterocycles. The third-order valence-electron chi connectivity index (χ3n) is 2.83. The number of unbranched alkanes of at least 4 members (excludes halogenated alkanes) is 1. The quantitative estimate of drug-likeness (QED) is 0.591. The molecule has 0 aliphatic rings. The highest BCUT2D eigenvalue weighted by Crippen LogP contribution is 2.26. The van der Waals surface area contributed by atoms with Crippen molar-refractivity contribution in [3.8, 4) is 5.75 Å². The standard InChI is InChI=1S/C15H23NO3S/c1-4-5-6-7-8-11-16-13-9-10-14(19-2)15(12-13)20(3,17)18/h6-7,9-10,12,16H,4-5,8,11H2,1-3H3/b7-6+. The highest BCUT2D eigenvalue weighted by atomic mass is 32.2. The largest absolute Gasteiger partial charge is 0.495 e. The Bertz CT molecular complexity index is 550. The second kappa shape index (κ2) is 7.94. The molecule has 0 saturated carbocycles. The van der Waals surface area contributed by atoms with Gasteiger partial charge >= 0.3 is 0 Å². The summed E-state index contributed by atoms with van der Waals surface area (Å²) in [6.45, 7) is 2.92. The van der Waals surface area contributed by atoms with Gasteiger partial charge in [0.05, 0.1) is 7.11 Å². The minimum absolute atomic E-state index is 0.214. The number of methoxy groups -OCH3 is 1. The Morgan fingerprint density at radius 1 is 1.25 bits per heavy atom. The van der Waals surface area contributed by atoms with Gasteiger partial charge in [0.25, 0.3) is 0 Å². The molecule has 0 atom stereocenters. The number of benzene rings is 1. The van der Waals surface area contributed by atoms with Crippen LogP contribution in [-0.2, 0) is 9.84 Å². The average molecular weight is 297 g/mol. The van der Waals surface area contributed by atoms with Crippen LogP contribution < -0.4 is 10.1 Å². The fraction of sp³-hybridized carbons (Fsp3) is 0.467. The molecule has 112 valence electrons. The average Bonchev–Trinajstić information content (AvgIpc) is 2.41. The Morgan fingerprint density at radius 2 is 1.95 bits per heavy atom. The number of sulfone groups is 1. The summed E-state index contributed by atoms with van der Waals surface area (Å²) in [7, 11) is -1.82. The zero-order chi connectivity index (χ0) is 15.0. The summed E-state index contributed by atoms with van der Waals surface area (Å²) in [5.74, 6) is 0.376. The van der Waals surface area contributed by atoms with Crippen LogP contribution in [0.2, 0.25) is 0 Å². The lowest BCUT2D eigenvalue weighted by Gasteiger charge is -2.10. The topological polar surface area (TPSA) is 55.4 Å². The Morgan fingerprint density at radius 3 is 2.55 bits per heavy atom. The third kappa shape index (κ3) is 5.25. The summed E-state index contributed by atoms with van der Waals surface area (Å²) in [4.78, 5) is 0.214. The number of ether oxygens (including phenoxy) is 1. The maximum absolute atomic E-state index is 11.7. The van der Waals surface area contributed by atoms with Gasteiger partial charge in [0.1, 0.15) is 10.6 Å². The van der Waals surface area contributed by atoms with E-state index < -0.39 is 9.84 Å². The van der Waals surface area contributed by atoms with E-state index >= 15 is 0 Å². The van der Waals surface area contributed by atoms with Crippen molar-refractivity contribution in [1.82, 2.24) is 0 Å². The summed E-state index contributed by atoms with van der Waals surface area (Å²) < 4.78 is 28.5. The minimum atomic E-state index is -3.29. The van der Waals surface area contributed by atoms with Gasteiger partial charge in [0.2, 0.25) is 0 Å². The molecule has 1 rings (SSSR count). The Kier molecular flexibility index (Phi) is 6.58. The summed E-state index contributed by atoms with van der Waals surface area (Å²) in [5, 5.41) is 3.21. The molecule has 4 nitrogen and oxygen atoms in total. The fourth-order valence-corrected chi connectivity index (χ4v) is 2.64. The number of hydrogen-bond donors (Lipinski definition) is 1. The van der Waals surface area contributed by atoms with Gasteiger partial charge in [-0.2, -0.15) is 0 Å². The van der Waals surface area contributed by atoms with E-state index in [1.54, 1.807) is 12.1 Å². The van der Waals surface area contributed by atoms with Crippen LogP contribution in [0.25, 0.3) is 0 Å². The lowest BCUT2D eigenvalue weighted by atomic mass is 10.2. The van der Waals surface area contributed by atoms with E-state index in [1.165, 1.54) is 13.4 Å². The number of allylic oxidation sites excluding steroid dienone is 1. The molecule has 0 heterocycles. The van der Waals surface area contributed by atoms with E-state index in [1.807, 2.05) is 6.07 Å². The normalized spacial score (nSPS) is 11.8. The minimum Gasteiger partial charge on any atom is -0.495 e. The molecule has 0 aliphatic carbocycles. The lowest BCUT2D eigenvalue weighted by Crippen LogP contribution is -2.04. The Hall–Kier alpha value is -1.49. The van der Waals surface area contributed by atoms with Crippen LogP contribution in [0.3, 0.4) is 0 Å². The van der Waals surface area contributed by atoms with Crippen LogP contribution in [-0.4, -0.2) is 28.3 Å². The van der Waals surface area contributed by atoms with E-state index in [0.717, 1.165) is 31.5 Å². The van der Waals surface area contributed by atoms with Crippen molar-refractivity contribution in [2.24, 2.45) is 0 Å². The molecule has 0 spiro atoms. The van der Waals surface area contributed by atoms with Crippen molar-refractivity contribution in [2.45, 2.75) is 31.1 Å². The van der Waals surface area contributed by atoms with E-state index in [4.69, 9.17) is 4.74 Å². The monoisotopic (exact) mass is 297 g/mol. The molecule has 5 heteroatoms. The molecular formula is C15H23NO3S. The molecule has 0 amide bonds. The molecule has 0 unspecified atom stereocenters. The third-order valence-corrected chi connectivity index (χ3v) is 3.94. The van der Waals surface area contributed by atoms with Crippen LogP contribution in [0.5, 0.6) is 5.75 Å². The second-order valence-corrected chi connectivity index (χ2v) is 6.60.